The van der Waals surface area contributed by atoms with E-state index in [-0.39, 0.29) is 29.1 Å². The second kappa shape index (κ2) is 10.1. The summed E-state index contributed by atoms with van der Waals surface area (Å²) in [6, 6.07) is 11.9. The van der Waals surface area contributed by atoms with Gasteiger partial charge in [0.15, 0.2) is 18.1 Å². The van der Waals surface area contributed by atoms with Crippen molar-refractivity contribution in [2.24, 2.45) is 5.73 Å². The molecule has 0 aliphatic carbocycles. The zero-order valence-corrected chi connectivity index (χ0v) is 19.3. The van der Waals surface area contributed by atoms with E-state index in [1.807, 2.05) is 12.1 Å². The van der Waals surface area contributed by atoms with E-state index in [1.165, 1.54) is 25.3 Å². The Labute approximate surface area is 189 Å². The number of carbonyl (C=O) groups is 2. The van der Waals surface area contributed by atoms with Crippen LogP contribution in [0.1, 0.15) is 31.9 Å². The first-order valence-corrected chi connectivity index (χ1v) is 10.1. The Balaban J connectivity index is 2.15. The fourth-order valence-electron chi connectivity index (χ4n) is 2.69. The van der Waals surface area contributed by atoms with E-state index >= 15 is 0 Å². The van der Waals surface area contributed by atoms with Gasteiger partial charge in [0.25, 0.3) is 5.91 Å². The molecule has 0 atom stereocenters. The van der Waals surface area contributed by atoms with E-state index in [1.54, 1.807) is 18.2 Å². The summed E-state index contributed by atoms with van der Waals surface area (Å²) in [5.41, 5.74) is 6.20. The standard InChI is InChI=1S/C23H23BrN2O5/c1-23(2,3)17-11-16(24)6-8-18(17)30-13-21(27)31-19-7-5-14(10-20(19)29-4)9-15(12-25)22(26)28/h5-11H,13H2,1-4H3,(H2,26,28)/b15-9+. The predicted molar refractivity (Wildman–Crippen MR) is 120 cm³/mol. The van der Waals surface area contributed by atoms with Gasteiger partial charge in [-0.2, -0.15) is 5.26 Å². The average Bonchev–Trinajstić information content (AvgIpc) is 2.70. The number of nitriles is 1. The maximum atomic E-state index is 12.4. The lowest BCUT2D eigenvalue weighted by molar-refractivity contribution is -0.136. The van der Waals surface area contributed by atoms with Gasteiger partial charge in [-0.05, 0) is 47.4 Å². The molecule has 1 amide bonds. The fourth-order valence-corrected chi connectivity index (χ4v) is 3.05. The molecule has 0 aromatic heterocycles. The summed E-state index contributed by atoms with van der Waals surface area (Å²) in [7, 11) is 1.41. The summed E-state index contributed by atoms with van der Waals surface area (Å²) < 4.78 is 17.2. The van der Waals surface area contributed by atoms with Crippen molar-refractivity contribution in [2.75, 3.05) is 13.7 Å². The molecular formula is C23H23BrN2O5. The van der Waals surface area contributed by atoms with E-state index in [4.69, 9.17) is 25.2 Å². The third-order valence-corrected chi connectivity index (χ3v) is 4.70. The Hall–Kier alpha value is -3.31. The van der Waals surface area contributed by atoms with Crippen molar-refractivity contribution in [3.63, 3.8) is 0 Å². The van der Waals surface area contributed by atoms with Crippen LogP contribution in [0.3, 0.4) is 0 Å². The lowest BCUT2D eigenvalue weighted by atomic mass is 9.86. The van der Waals surface area contributed by atoms with Crippen molar-refractivity contribution in [3.8, 4) is 23.3 Å². The fraction of sp³-hybridized carbons (Fsp3) is 0.261. The molecule has 162 valence electrons. The van der Waals surface area contributed by atoms with Crippen molar-refractivity contribution in [1.29, 1.82) is 5.26 Å². The summed E-state index contributed by atoms with van der Waals surface area (Å²) in [4.78, 5) is 23.6. The SMILES string of the molecule is COc1cc(/C=C(\C#N)C(N)=O)ccc1OC(=O)COc1ccc(Br)cc1C(C)(C)C. The van der Waals surface area contributed by atoms with Gasteiger partial charge in [0.2, 0.25) is 0 Å². The van der Waals surface area contributed by atoms with Crippen LogP contribution >= 0.6 is 15.9 Å². The Morgan fingerprint density at radius 1 is 1.13 bits per heavy atom. The number of hydrogen-bond acceptors (Lipinski definition) is 6. The summed E-state index contributed by atoms with van der Waals surface area (Å²) in [6.07, 6.45) is 1.32. The van der Waals surface area contributed by atoms with Crippen molar-refractivity contribution in [2.45, 2.75) is 26.2 Å². The molecule has 7 nitrogen and oxygen atoms in total. The molecule has 2 aromatic carbocycles. The first-order valence-electron chi connectivity index (χ1n) is 9.28. The van der Waals surface area contributed by atoms with Crippen LogP contribution in [0.15, 0.2) is 46.4 Å². The van der Waals surface area contributed by atoms with Crippen molar-refractivity contribution in [3.05, 3.63) is 57.6 Å². The molecule has 2 N–H and O–H groups in total. The van der Waals surface area contributed by atoms with Crippen molar-refractivity contribution in [1.82, 2.24) is 0 Å². The zero-order chi connectivity index (χ0) is 23.2. The molecule has 0 bridgehead atoms. The van der Waals surface area contributed by atoms with Gasteiger partial charge < -0.3 is 19.9 Å². The van der Waals surface area contributed by atoms with E-state index < -0.39 is 11.9 Å². The molecule has 31 heavy (non-hydrogen) atoms. The third-order valence-electron chi connectivity index (χ3n) is 4.20. The molecule has 2 rings (SSSR count). The van der Waals surface area contributed by atoms with Crippen LogP contribution in [0.4, 0.5) is 0 Å². The monoisotopic (exact) mass is 486 g/mol. The lowest BCUT2D eigenvalue weighted by Gasteiger charge is -2.23. The number of rotatable bonds is 7. The predicted octanol–water partition coefficient (Wildman–Crippen LogP) is 4.13. The molecule has 0 radical (unpaired) electrons. The summed E-state index contributed by atoms with van der Waals surface area (Å²) in [6.45, 7) is 5.86. The quantitative estimate of drug-likeness (QED) is 0.272. The number of nitrogens with zero attached hydrogens (tertiary/aromatic N) is 1. The Kier molecular flexibility index (Phi) is 7.83. The Morgan fingerprint density at radius 2 is 1.81 bits per heavy atom. The van der Waals surface area contributed by atoms with E-state index in [0.717, 1.165) is 10.0 Å². The minimum Gasteiger partial charge on any atom is -0.493 e. The highest BCUT2D eigenvalue weighted by molar-refractivity contribution is 9.10. The summed E-state index contributed by atoms with van der Waals surface area (Å²) in [5.74, 6) is -0.424. The highest BCUT2D eigenvalue weighted by Gasteiger charge is 2.20. The Bertz CT molecular complexity index is 1060. The van der Waals surface area contributed by atoms with Gasteiger partial charge in [-0.3, -0.25) is 4.79 Å². The average molecular weight is 487 g/mol. The smallest absolute Gasteiger partial charge is 0.349 e. The third kappa shape index (κ3) is 6.59. The Morgan fingerprint density at radius 3 is 2.39 bits per heavy atom. The van der Waals surface area contributed by atoms with Gasteiger partial charge in [0.1, 0.15) is 17.4 Å². The van der Waals surface area contributed by atoms with E-state index in [0.29, 0.717) is 11.3 Å². The highest BCUT2D eigenvalue weighted by atomic mass is 79.9. The van der Waals surface area contributed by atoms with Crippen LogP contribution in [0.5, 0.6) is 17.2 Å². The van der Waals surface area contributed by atoms with Crippen LogP contribution in [-0.4, -0.2) is 25.6 Å². The number of carbonyl (C=O) groups excluding carboxylic acids is 2. The van der Waals surface area contributed by atoms with Crippen LogP contribution in [-0.2, 0) is 15.0 Å². The number of methoxy groups -OCH3 is 1. The van der Waals surface area contributed by atoms with Gasteiger partial charge in [-0.15, -0.1) is 0 Å². The molecule has 0 saturated carbocycles. The van der Waals surface area contributed by atoms with Gasteiger partial charge >= 0.3 is 5.97 Å². The first-order chi connectivity index (χ1) is 14.5. The maximum absolute atomic E-state index is 12.4. The van der Waals surface area contributed by atoms with Crippen LogP contribution in [0.2, 0.25) is 0 Å². The van der Waals surface area contributed by atoms with Gasteiger partial charge in [-0.1, -0.05) is 42.8 Å². The van der Waals surface area contributed by atoms with Crippen LogP contribution in [0.25, 0.3) is 6.08 Å². The maximum Gasteiger partial charge on any atom is 0.349 e. The molecule has 0 unspecified atom stereocenters. The molecule has 0 saturated heterocycles. The van der Waals surface area contributed by atoms with Crippen LogP contribution in [0, 0.1) is 11.3 Å². The molecule has 0 heterocycles. The number of halogens is 1. The molecule has 0 spiro atoms. The number of nitrogens with two attached hydrogens (primary N) is 1. The molecule has 0 aliphatic rings. The first kappa shape index (κ1) is 24.0. The van der Waals surface area contributed by atoms with Gasteiger partial charge in [0.05, 0.1) is 7.11 Å². The van der Waals surface area contributed by atoms with E-state index in [9.17, 15) is 9.59 Å². The molecule has 8 heteroatoms. The number of primary amides is 1. The highest BCUT2D eigenvalue weighted by Crippen LogP contribution is 2.34. The van der Waals surface area contributed by atoms with Gasteiger partial charge in [-0.25, -0.2) is 4.79 Å². The number of hydrogen-bond donors (Lipinski definition) is 1. The zero-order valence-electron chi connectivity index (χ0n) is 17.7. The number of benzene rings is 2. The normalized spacial score (nSPS) is 11.4. The van der Waals surface area contributed by atoms with Crippen molar-refractivity contribution < 1.29 is 23.8 Å². The largest absolute Gasteiger partial charge is 0.493 e. The molecular weight excluding hydrogens is 464 g/mol. The van der Waals surface area contributed by atoms with Crippen LogP contribution < -0.4 is 19.9 Å². The molecule has 0 aliphatic heterocycles. The summed E-state index contributed by atoms with van der Waals surface area (Å²) >= 11 is 3.45. The topological polar surface area (TPSA) is 112 Å². The molecule has 0 fully saturated rings. The number of ether oxygens (including phenoxy) is 3. The number of esters is 1. The minimum absolute atomic E-state index is 0.178. The second-order valence-electron chi connectivity index (χ2n) is 7.60. The lowest BCUT2D eigenvalue weighted by Crippen LogP contribution is -2.20. The van der Waals surface area contributed by atoms with E-state index in [2.05, 4.69) is 36.7 Å². The van der Waals surface area contributed by atoms with Gasteiger partial charge in [0, 0.05) is 10.0 Å². The second-order valence-corrected chi connectivity index (χ2v) is 8.51. The number of amides is 1. The molecule has 2 aromatic rings. The van der Waals surface area contributed by atoms with Crippen molar-refractivity contribution >= 4 is 33.9 Å². The minimum atomic E-state index is -0.836. The summed E-state index contributed by atoms with van der Waals surface area (Å²) in [5, 5.41) is 8.96.